The molecule has 1 aliphatic rings. The summed E-state index contributed by atoms with van der Waals surface area (Å²) in [5.74, 6) is 0.748. The molecule has 0 radical (unpaired) electrons. The lowest BCUT2D eigenvalue weighted by Gasteiger charge is -2.32. The van der Waals surface area contributed by atoms with Crippen LogP contribution in [0.3, 0.4) is 0 Å². The number of anilines is 2. The average molecular weight is 234 g/mol. The topological polar surface area (TPSA) is 57.3 Å². The standard InChI is InChI=1S/C12H18N4O/c1-13-12-11(3-2-6-15-12)16(9-17)10-4-7-14-8-5-10/h2-3,6,9-10,14H,4-5,7-8H2,1H3,(H,13,15). The van der Waals surface area contributed by atoms with E-state index < -0.39 is 0 Å². The Morgan fingerprint density at radius 2 is 2.29 bits per heavy atom. The molecule has 2 rings (SSSR count). The van der Waals surface area contributed by atoms with Gasteiger partial charge in [0.15, 0.2) is 0 Å². The predicted octanol–water partition coefficient (Wildman–Crippen LogP) is 0.838. The van der Waals surface area contributed by atoms with Gasteiger partial charge in [0.25, 0.3) is 0 Å². The normalized spacial score (nSPS) is 16.5. The van der Waals surface area contributed by atoms with Gasteiger partial charge in [0.05, 0.1) is 5.69 Å². The highest BCUT2D eigenvalue weighted by Gasteiger charge is 2.22. The lowest BCUT2D eigenvalue weighted by molar-refractivity contribution is -0.108. The Hall–Kier alpha value is -1.62. The van der Waals surface area contributed by atoms with E-state index in [1.807, 2.05) is 19.2 Å². The number of nitrogens with zero attached hydrogens (tertiary/aromatic N) is 2. The van der Waals surface area contributed by atoms with Gasteiger partial charge in [-0.25, -0.2) is 4.98 Å². The molecule has 0 aliphatic carbocycles. The van der Waals surface area contributed by atoms with Crippen molar-refractivity contribution in [2.75, 3.05) is 30.4 Å². The molecule has 1 fully saturated rings. The first-order valence-electron chi connectivity index (χ1n) is 5.94. The van der Waals surface area contributed by atoms with Crippen molar-refractivity contribution in [3.8, 4) is 0 Å². The van der Waals surface area contributed by atoms with Gasteiger partial charge in [-0.1, -0.05) is 0 Å². The van der Waals surface area contributed by atoms with Gasteiger partial charge in [-0.3, -0.25) is 4.79 Å². The van der Waals surface area contributed by atoms with Gasteiger partial charge in [-0.2, -0.15) is 0 Å². The zero-order valence-corrected chi connectivity index (χ0v) is 10.0. The van der Waals surface area contributed by atoms with Crippen LogP contribution in [0.5, 0.6) is 0 Å². The number of hydrogen-bond donors (Lipinski definition) is 2. The molecule has 2 N–H and O–H groups in total. The van der Waals surface area contributed by atoms with Crippen LogP contribution >= 0.6 is 0 Å². The van der Waals surface area contributed by atoms with Crippen molar-refractivity contribution in [3.05, 3.63) is 18.3 Å². The van der Waals surface area contributed by atoms with Gasteiger partial charge in [-0.05, 0) is 38.1 Å². The van der Waals surface area contributed by atoms with Crippen molar-refractivity contribution < 1.29 is 4.79 Å². The molecular formula is C12H18N4O. The van der Waals surface area contributed by atoms with E-state index in [-0.39, 0.29) is 6.04 Å². The number of carbonyl (C=O) groups excluding carboxylic acids is 1. The van der Waals surface area contributed by atoms with Crippen molar-refractivity contribution >= 4 is 17.9 Å². The highest BCUT2D eigenvalue weighted by Crippen LogP contribution is 2.26. The van der Waals surface area contributed by atoms with E-state index in [0.717, 1.165) is 43.8 Å². The third kappa shape index (κ3) is 2.55. The monoisotopic (exact) mass is 234 g/mol. The molecule has 1 aromatic rings. The summed E-state index contributed by atoms with van der Waals surface area (Å²) < 4.78 is 0. The number of pyridine rings is 1. The molecule has 0 saturated carbocycles. The fraction of sp³-hybridized carbons (Fsp3) is 0.500. The van der Waals surface area contributed by atoms with Crippen LogP contribution in [0.1, 0.15) is 12.8 Å². The lowest BCUT2D eigenvalue weighted by atomic mass is 10.0. The Morgan fingerprint density at radius 1 is 1.53 bits per heavy atom. The average Bonchev–Trinajstić information content (AvgIpc) is 2.41. The Morgan fingerprint density at radius 3 is 2.94 bits per heavy atom. The number of rotatable bonds is 4. The van der Waals surface area contributed by atoms with Crippen LogP contribution < -0.4 is 15.5 Å². The molecule has 0 atom stereocenters. The minimum Gasteiger partial charge on any atom is -0.371 e. The van der Waals surface area contributed by atoms with Crippen molar-refractivity contribution in [2.24, 2.45) is 0 Å². The van der Waals surface area contributed by atoms with E-state index in [1.165, 1.54) is 0 Å². The molecule has 1 saturated heterocycles. The summed E-state index contributed by atoms with van der Waals surface area (Å²) in [7, 11) is 1.82. The zero-order chi connectivity index (χ0) is 12.1. The van der Waals surface area contributed by atoms with Crippen LogP contribution in [-0.4, -0.2) is 37.6 Å². The number of carbonyl (C=O) groups is 1. The molecule has 0 aromatic carbocycles. The largest absolute Gasteiger partial charge is 0.371 e. The summed E-state index contributed by atoms with van der Waals surface area (Å²) in [5, 5.41) is 6.32. The van der Waals surface area contributed by atoms with E-state index in [0.29, 0.717) is 0 Å². The summed E-state index contributed by atoms with van der Waals surface area (Å²) in [6.45, 7) is 1.92. The molecule has 0 bridgehead atoms. The van der Waals surface area contributed by atoms with E-state index in [1.54, 1.807) is 11.1 Å². The number of aromatic nitrogens is 1. The number of nitrogens with one attached hydrogen (secondary N) is 2. The van der Waals surface area contributed by atoms with Crippen LogP contribution in [0.4, 0.5) is 11.5 Å². The van der Waals surface area contributed by atoms with Gasteiger partial charge < -0.3 is 15.5 Å². The van der Waals surface area contributed by atoms with Crippen LogP contribution in [0.2, 0.25) is 0 Å². The van der Waals surface area contributed by atoms with E-state index >= 15 is 0 Å². The molecule has 2 heterocycles. The zero-order valence-electron chi connectivity index (χ0n) is 10.0. The third-order valence-electron chi connectivity index (χ3n) is 3.12. The smallest absolute Gasteiger partial charge is 0.214 e. The van der Waals surface area contributed by atoms with Crippen molar-refractivity contribution in [1.82, 2.24) is 10.3 Å². The molecular weight excluding hydrogens is 216 g/mol. The Kier molecular flexibility index (Phi) is 3.93. The molecule has 92 valence electrons. The van der Waals surface area contributed by atoms with Crippen molar-refractivity contribution in [3.63, 3.8) is 0 Å². The Labute approximate surface area is 101 Å². The van der Waals surface area contributed by atoms with Crippen LogP contribution in [0, 0.1) is 0 Å². The fourth-order valence-electron chi connectivity index (χ4n) is 2.22. The number of hydrogen-bond acceptors (Lipinski definition) is 4. The summed E-state index contributed by atoms with van der Waals surface area (Å²) >= 11 is 0. The summed E-state index contributed by atoms with van der Waals surface area (Å²) in [4.78, 5) is 17.3. The molecule has 0 spiro atoms. The van der Waals surface area contributed by atoms with Gasteiger partial charge in [0.1, 0.15) is 5.82 Å². The third-order valence-corrected chi connectivity index (χ3v) is 3.12. The number of amides is 1. The van der Waals surface area contributed by atoms with Gasteiger partial charge in [0, 0.05) is 19.3 Å². The fourth-order valence-corrected chi connectivity index (χ4v) is 2.22. The molecule has 1 aliphatic heterocycles. The van der Waals surface area contributed by atoms with Crippen LogP contribution in [0.25, 0.3) is 0 Å². The minimum atomic E-state index is 0.269. The van der Waals surface area contributed by atoms with Gasteiger partial charge >= 0.3 is 0 Å². The quantitative estimate of drug-likeness (QED) is 0.758. The minimum absolute atomic E-state index is 0.269. The van der Waals surface area contributed by atoms with Crippen molar-refractivity contribution in [1.29, 1.82) is 0 Å². The second-order valence-electron chi connectivity index (χ2n) is 4.11. The van der Waals surface area contributed by atoms with Crippen LogP contribution in [0.15, 0.2) is 18.3 Å². The molecule has 1 aromatic heterocycles. The molecule has 5 heteroatoms. The Bertz CT molecular complexity index is 377. The van der Waals surface area contributed by atoms with E-state index in [9.17, 15) is 4.79 Å². The van der Waals surface area contributed by atoms with Crippen LogP contribution in [-0.2, 0) is 4.79 Å². The van der Waals surface area contributed by atoms with Gasteiger partial charge in [-0.15, -0.1) is 0 Å². The SMILES string of the molecule is CNc1ncccc1N(C=O)C1CCNCC1. The first kappa shape index (κ1) is 11.9. The Balaban J connectivity index is 2.24. The van der Waals surface area contributed by atoms with E-state index in [2.05, 4.69) is 15.6 Å². The molecule has 5 nitrogen and oxygen atoms in total. The highest BCUT2D eigenvalue weighted by atomic mass is 16.1. The first-order valence-corrected chi connectivity index (χ1v) is 5.94. The summed E-state index contributed by atoms with van der Waals surface area (Å²) in [6, 6.07) is 4.05. The molecule has 1 amide bonds. The second-order valence-corrected chi connectivity index (χ2v) is 4.11. The molecule has 17 heavy (non-hydrogen) atoms. The lowest BCUT2D eigenvalue weighted by Crippen LogP contribution is -2.42. The van der Waals surface area contributed by atoms with E-state index in [4.69, 9.17) is 0 Å². The summed E-state index contributed by atoms with van der Waals surface area (Å²) in [5.41, 5.74) is 0.858. The highest BCUT2D eigenvalue weighted by molar-refractivity contribution is 5.82. The second kappa shape index (κ2) is 5.63. The van der Waals surface area contributed by atoms with Crippen molar-refractivity contribution in [2.45, 2.75) is 18.9 Å². The molecule has 0 unspecified atom stereocenters. The van der Waals surface area contributed by atoms with Gasteiger partial charge in [0.2, 0.25) is 6.41 Å². The first-order chi connectivity index (χ1) is 8.36. The number of piperidine rings is 1. The maximum Gasteiger partial charge on any atom is 0.214 e. The predicted molar refractivity (Wildman–Crippen MR) is 68.2 cm³/mol. The summed E-state index contributed by atoms with van der Waals surface area (Å²) in [6.07, 6.45) is 4.60. The maximum absolute atomic E-state index is 11.3. The maximum atomic E-state index is 11.3.